The molecule has 5 heteroatoms. The largest absolute Gasteiger partial charge is 0.341 e. The highest BCUT2D eigenvalue weighted by Gasteiger charge is 2.32. The van der Waals surface area contributed by atoms with Gasteiger partial charge in [0.2, 0.25) is 11.8 Å². The van der Waals surface area contributed by atoms with E-state index in [9.17, 15) is 9.59 Å². The van der Waals surface area contributed by atoms with Gasteiger partial charge in [0.1, 0.15) is 5.82 Å². The zero-order valence-electron chi connectivity index (χ0n) is 16.0. The zero-order valence-corrected chi connectivity index (χ0v) is 16.0. The molecule has 0 spiro atoms. The molecule has 0 radical (unpaired) electrons. The van der Waals surface area contributed by atoms with Gasteiger partial charge in [-0.3, -0.25) is 9.59 Å². The quantitative estimate of drug-likeness (QED) is 0.877. The zero-order chi connectivity index (χ0) is 19.2. The predicted octanol–water partition coefficient (Wildman–Crippen LogP) is 3.76. The number of anilines is 1. The van der Waals surface area contributed by atoms with Crippen molar-refractivity contribution in [3.05, 3.63) is 59.8 Å². The number of hydrogen-bond donors (Lipinski definition) is 1. The van der Waals surface area contributed by atoms with Gasteiger partial charge in [-0.15, -0.1) is 0 Å². The van der Waals surface area contributed by atoms with Gasteiger partial charge in [-0.1, -0.05) is 43.3 Å². The molecule has 2 aromatic rings. The Morgan fingerprint density at radius 2 is 2.00 bits per heavy atom. The number of aromatic nitrogens is 1. The van der Waals surface area contributed by atoms with Crippen LogP contribution in [-0.4, -0.2) is 34.8 Å². The molecule has 142 valence electrons. The molecular formula is C22H27N3O2. The summed E-state index contributed by atoms with van der Waals surface area (Å²) in [5.74, 6) is 0.322. The fourth-order valence-corrected chi connectivity index (χ4v) is 3.69. The van der Waals surface area contributed by atoms with Crippen LogP contribution < -0.4 is 5.32 Å². The van der Waals surface area contributed by atoms with Gasteiger partial charge in [-0.25, -0.2) is 4.98 Å². The van der Waals surface area contributed by atoms with Gasteiger partial charge >= 0.3 is 0 Å². The smallest absolute Gasteiger partial charge is 0.230 e. The first-order valence-corrected chi connectivity index (χ1v) is 9.66. The standard InChI is InChI=1S/C22H27N3O2/c1-3-19(17-10-5-4-6-11-17)22(27)25-14-8-12-18(15-25)21(26)24-20-16(2)9-7-13-23-20/h4-7,9-11,13,18-19H,3,8,12,14-15H2,1-2H3,(H,23,24,26). The lowest BCUT2D eigenvalue weighted by Gasteiger charge is -2.34. The number of nitrogens with zero attached hydrogens (tertiary/aromatic N) is 2. The monoisotopic (exact) mass is 365 g/mol. The van der Waals surface area contributed by atoms with Crippen LogP contribution >= 0.6 is 0 Å². The number of hydrogen-bond acceptors (Lipinski definition) is 3. The third kappa shape index (κ3) is 4.54. The third-order valence-corrected chi connectivity index (χ3v) is 5.26. The fraction of sp³-hybridized carbons (Fsp3) is 0.409. The number of likely N-dealkylation sites (tertiary alicyclic amines) is 1. The lowest BCUT2D eigenvalue weighted by Crippen LogP contribution is -2.45. The van der Waals surface area contributed by atoms with Crippen LogP contribution in [0.3, 0.4) is 0 Å². The van der Waals surface area contributed by atoms with E-state index in [-0.39, 0.29) is 23.7 Å². The maximum atomic E-state index is 13.1. The van der Waals surface area contributed by atoms with Crippen LogP contribution in [0.4, 0.5) is 5.82 Å². The molecule has 3 rings (SSSR count). The first kappa shape index (κ1) is 19.1. The van der Waals surface area contributed by atoms with E-state index < -0.39 is 0 Å². The van der Waals surface area contributed by atoms with Crippen molar-refractivity contribution in [3.8, 4) is 0 Å². The summed E-state index contributed by atoms with van der Waals surface area (Å²) in [4.78, 5) is 31.9. The average molecular weight is 365 g/mol. The fourth-order valence-electron chi connectivity index (χ4n) is 3.69. The van der Waals surface area contributed by atoms with Crippen LogP contribution in [0.25, 0.3) is 0 Å². The number of carbonyl (C=O) groups excluding carboxylic acids is 2. The van der Waals surface area contributed by atoms with Gasteiger partial charge in [0.15, 0.2) is 0 Å². The van der Waals surface area contributed by atoms with Crippen molar-refractivity contribution in [2.45, 2.75) is 39.0 Å². The highest BCUT2D eigenvalue weighted by atomic mass is 16.2. The third-order valence-electron chi connectivity index (χ3n) is 5.26. The number of rotatable bonds is 5. The Kier molecular flexibility index (Phi) is 6.22. The van der Waals surface area contributed by atoms with E-state index in [2.05, 4.69) is 10.3 Å². The Morgan fingerprint density at radius 1 is 1.22 bits per heavy atom. The van der Waals surface area contributed by atoms with E-state index in [4.69, 9.17) is 0 Å². The molecular weight excluding hydrogens is 338 g/mol. The number of carbonyl (C=O) groups is 2. The van der Waals surface area contributed by atoms with E-state index in [1.807, 2.05) is 61.2 Å². The van der Waals surface area contributed by atoms with Crippen molar-refractivity contribution in [1.29, 1.82) is 0 Å². The molecule has 27 heavy (non-hydrogen) atoms. The number of benzene rings is 1. The number of pyridine rings is 1. The molecule has 1 saturated heterocycles. The van der Waals surface area contributed by atoms with Crippen LogP contribution in [0.5, 0.6) is 0 Å². The SMILES string of the molecule is CCC(C(=O)N1CCCC(C(=O)Nc2ncccc2C)C1)c1ccccc1. The van der Waals surface area contributed by atoms with Crippen LogP contribution in [0.2, 0.25) is 0 Å². The second kappa shape index (κ2) is 8.80. The Morgan fingerprint density at radius 3 is 2.70 bits per heavy atom. The molecule has 1 aliphatic rings. The van der Waals surface area contributed by atoms with Gasteiger partial charge in [0.25, 0.3) is 0 Å². The molecule has 1 aliphatic heterocycles. The van der Waals surface area contributed by atoms with E-state index in [0.717, 1.165) is 30.4 Å². The number of aryl methyl sites for hydroxylation is 1. The maximum absolute atomic E-state index is 13.1. The molecule has 5 nitrogen and oxygen atoms in total. The van der Waals surface area contributed by atoms with E-state index >= 15 is 0 Å². The molecule has 2 atom stereocenters. The summed E-state index contributed by atoms with van der Waals surface area (Å²) in [6.07, 6.45) is 4.06. The summed E-state index contributed by atoms with van der Waals surface area (Å²) < 4.78 is 0. The van der Waals surface area contributed by atoms with Crippen LogP contribution in [0.15, 0.2) is 48.7 Å². The van der Waals surface area contributed by atoms with Gasteiger partial charge in [0.05, 0.1) is 11.8 Å². The molecule has 1 fully saturated rings. The van der Waals surface area contributed by atoms with Gasteiger partial charge < -0.3 is 10.2 Å². The van der Waals surface area contributed by atoms with Crippen LogP contribution in [-0.2, 0) is 9.59 Å². The Labute approximate surface area is 160 Å². The molecule has 2 amide bonds. The van der Waals surface area contributed by atoms with Crippen molar-refractivity contribution >= 4 is 17.6 Å². The molecule has 2 unspecified atom stereocenters. The highest BCUT2D eigenvalue weighted by molar-refractivity contribution is 5.93. The van der Waals surface area contributed by atoms with Gasteiger partial charge in [0, 0.05) is 19.3 Å². The molecule has 1 aromatic carbocycles. The summed E-state index contributed by atoms with van der Waals surface area (Å²) in [6.45, 7) is 5.15. The highest BCUT2D eigenvalue weighted by Crippen LogP contribution is 2.26. The van der Waals surface area contributed by atoms with Crippen LogP contribution in [0.1, 0.15) is 43.2 Å². The van der Waals surface area contributed by atoms with Crippen molar-refractivity contribution < 1.29 is 9.59 Å². The number of piperidine rings is 1. The topological polar surface area (TPSA) is 62.3 Å². The molecule has 0 aliphatic carbocycles. The predicted molar refractivity (Wildman–Crippen MR) is 106 cm³/mol. The number of nitrogens with one attached hydrogen (secondary N) is 1. The van der Waals surface area contributed by atoms with Gasteiger partial charge in [-0.05, 0) is 43.4 Å². The van der Waals surface area contributed by atoms with Crippen molar-refractivity contribution in [2.75, 3.05) is 18.4 Å². The summed E-state index contributed by atoms with van der Waals surface area (Å²) in [6, 6.07) is 13.7. The summed E-state index contributed by atoms with van der Waals surface area (Å²) in [5, 5.41) is 2.93. The Hall–Kier alpha value is -2.69. The van der Waals surface area contributed by atoms with Crippen molar-refractivity contribution in [3.63, 3.8) is 0 Å². The van der Waals surface area contributed by atoms with E-state index in [1.54, 1.807) is 6.20 Å². The van der Waals surface area contributed by atoms with E-state index in [1.165, 1.54) is 0 Å². The molecule has 0 bridgehead atoms. The minimum atomic E-state index is -0.197. The molecule has 0 saturated carbocycles. The molecule has 1 aromatic heterocycles. The molecule has 2 heterocycles. The lowest BCUT2D eigenvalue weighted by atomic mass is 9.91. The molecule has 1 N–H and O–H groups in total. The summed E-state index contributed by atoms with van der Waals surface area (Å²) >= 11 is 0. The first-order valence-electron chi connectivity index (χ1n) is 9.66. The Balaban J connectivity index is 1.67. The van der Waals surface area contributed by atoms with Crippen molar-refractivity contribution in [2.24, 2.45) is 5.92 Å². The minimum Gasteiger partial charge on any atom is -0.341 e. The van der Waals surface area contributed by atoms with Crippen molar-refractivity contribution in [1.82, 2.24) is 9.88 Å². The Bertz CT molecular complexity index is 791. The second-order valence-corrected chi connectivity index (χ2v) is 7.15. The summed E-state index contributed by atoms with van der Waals surface area (Å²) in [5.41, 5.74) is 1.98. The van der Waals surface area contributed by atoms with E-state index in [0.29, 0.717) is 18.9 Å². The van der Waals surface area contributed by atoms with Gasteiger partial charge in [-0.2, -0.15) is 0 Å². The maximum Gasteiger partial charge on any atom is 0.230 e. The first-order chi connectivity index (χ1) is 13.1. The number of amides is 2. The van der Waals surface area contributed by atoms with Crippen LogP contribution in [0, 0.1) is 12.8 Å². The minimum absolute atomic E-state index is 0.0536. The lowest BCUT2D eigenvalue weighted by molar-refractivity contribution is -0.136. The summed E-state index contributed by atoms with van der Waals surface area (Å²) in [7, 11) is 0. The normalized spacial score (nSPS) is 18.0. The average Bonchev–Trinajstić information content (AvgIpc) is 2.71. The second-order valence-electron chi connectivity index (χ2n) is 7.15.